The number of hydrogen-bond donors (Lipinski definition) is 2. The highest BCUT2D eigenvalue weighted by atomic mass is 31.2. The highest BCUT2D eigenvalue weighted by Gasteiger charge is 2.25. The lowest BCUT2D eigenvalue weighted by atomic mass is 10.0. The second-order valence-electron chi connectivity index (χ2n) is 17.0. The van der Waals surface area contributed by atoms with Gasteiger partial charge in [-0.2, -0.15) is 0 Å². The van der Waals surface area contributed by atoms with Crippen LogP contribution in [-0.2, 0) is 32.7 Å². The maximum atomic E-state index is 12.6. The fourth-order valence-corrected chi connectivity index (χ4v) is 7.64. The van der Waals surface area contributed by atoms with Crippen LogP contribution in [0.1, 0.15) is 206 Å². The quantitative estimate of drug-likeness (QED) is 0.0264. The molecule has 0 saturated heterocycles. The Balaban J connectivity index is 3.98. The first kappa shape index (κ1) is 63.7. The van der Waals surface area contributed by atoms with Crippen molar-refractivity contribution in [3.05, 3.63) is 109 Å². The Kier molecular flexibility index (Phi) is 49.5. The smallest absolute Gasteiger partial charge is 0.462 e. The molecule has 0 aliphatic rings. The molecule has 0 radical (unpaired) electrons. The predicted molar refractivity (Wildman–Crippen MR) is 284 cm³/mol. The van der Waals surface area contributed by atoms with Gasteiger partial charge in [0.15, 0.2) is 6.10 Å². The zero-order chi connectivity index (χ0) is 48.8. The van der Waals surface area contributed by atoms with Gasteiger partial charge in [0.2, 0.25) is 0 Å². The Morgan fingerprint density at radius 3 is 1.22 bits per heavy atom. The summed E-state index contributed by atoms with van der Waals surface area (Å²) in [6.45, 7) is 3.39. The Hall–Kier alpha value is -3.33. The van der Waals surface area contributed by atoms with Crippen molar-refractivity contribution in [2.75, 3.05) is 26.4 Å². The van der Waals surface area contributed by atoms with Crippen molar-refractivity contribution >= 4 is 19.8 Å². The first-order chi connectivity index (χ1) is 32.8. The van der Waals surface area contributed by atoms with Gasteiger partial charge in [0.05, 0.1) is 19.6 Å². The molecule has 10 heteroatoms. The first-order valence-corrected chi connectivity index (χ1v) is 27.9. The third kappa shape index (κ3) is 51.9. The molecule has 0 amide bonds. The van der Waals surface area contributed by atoms with Gasteiger partial charge in [0.1, 0.15) is 6.61 Å². The minimum atomic E-state index is -4.41. The lowest BCUT2D eigenvalue weighted by molar-refractivity contribution is -0.160. The van der Waals surface area contributed by atoms with Gasteiger partial charge in [-0.1, -0.05) is 226 Å². The number of unbranched alkanes of at least 4 members (excludes halogenated alkanes) is 18. The van der Waals surface area contributed by atoms with Crippen molar-refractivity contribution in [2.24, 2.45) is 5.73 Å². The summed E-state index contributed by atoms with van der Waals surface area (Å²) in [7, 11) is -4.41. The number of ether oxygens (including phenoxy) is 2. The molecule has 3 N–H and O–H groups in total. The molecule has 0 bridgehead atoms. The number of carbonyl (C=O) groups is 2. The number of carbonyl (C=O) groups excluding carboxylic acids is 2. The van der Waals surface area contributed by atoms with Crippen LogP contribution >= 0.6 is 7.82 Å². The zero-order valence-electron chi connectivity index (χ0n) is 42.3. The number of allylic oxidation sites excluding steroid dienone is 17. The maximum Gasteiger partial charge on any atom is 0.472 e. The molecule has 0 aromatic carbocycles. The minimum Gasteiger partial charge on any atom is -0.462 e. The fourth-order valence-electron chi connectivity index (χ4n) is 6.88. The van der Waals surface area contributed by atoms with Crippen LogP contribution in [0.25, 0.3) is 0 Å². The average Bonchev–Trinajstić information content (AvgIpc) is 3.32. The Bertz CT molecular complexity index is 1460. The Morgan fingerprint density at radius 2 is 0.821 bits per heavy atom. The van der Waals surface area contributed by atoms with E-state index >= 15 is 0 Å². The third-order valence-corrected chi connectivity index (χ3v) is 11.7. The highest BCUT2D eigenvalue weighted by molar-refractivity contribution is 7.47. The summed E-state index contributed by atoms with van der Waals surface area (Å²) in [6, 6.07) is 0. The van der Waals surface area contributed by atoms with E-state index in [1.54, 1.807) is 6.08 Å². The van der Waals surface area contributed by atoms with Crippen LogP contribution in [0.4, 0.5) is 0 Å². The summed E-state index contributed by atoms with van der Waals surface area (Å²) < 4.78 is 32.8. The molecular formula is C57H96NO8P. The number of hydrogen-bond acceptors (Lipinski definition) is 8. The predicted octanol–water partition coefficient (Wildman–Crippen LogP) is 16.3. The van der Waals surface area contributed by atoms with Crippen LogP contribution in [0.15, 0.2) is 109 Å². The van der Waals surface area contributed by atoms with Crippen LogP contribution in [0.5, 0.6) is 0 Å². The summed E-state index contributed by atoms with van der Waals surface area (Å²) in [5.74, 6) is -0.979. The van der Waals surface area contributed by atoms with E-state index in [0.717, 1.165) is 70.6 Å². The second kappa shape index (κ2) is 52.0. The molecule has 0 aromatic heterocycles. The summed E-state index contributed by atoms with van der Waals surface area (Å²) in [5.41, 5.74) is 5.36. The average molecular weight is 954 g/mol. The summed E-state index contributed by atoms with van der Waals surface area (Å²) >= 11 is 0. The molecule has 2 unspecified atom stereocenters. The van der Waals surface area contributed by atoms with Crippen LogP contribution in [0, 0.1) is 0 Å². The van der Waals surface area contributed by atoms with Gasteiger partial charge in [-0.05, 0) is 77.0 Å². The van der Waals surface area contributed by atoms with E-state index in [9.17, 15) is 19.0 Å². The van der Waals surface area contributed by atoms with Crippen molar-refractivity contribution in [3.63, 3.8) is 0 Å². The van der Waals surface area contributed by atoms with E-state index in [1.807, 2.05) is 12.2 Å². The maximum absolute atomic E-state index is 12.6. The molecule has 0 rings (SSSR count). The van der Waals surface area contributed by atoms with Crippen molar-refractivity contribution in [3.8, 4) is 0 Å². The number of esters is 2. The van der Waals surface area contributed by atoms with Crippen molar-refractivity contribution in [1.29, 1.82) is 0 Å². The molecule has 0 saturated carbocycles. The lowest BCUT2D eigenvalue weighted by Crippen LogP contribution is -2.29. The van der Waals surface area contributed by atoms with E-state index in [1.165, 1.54) is 103 Å². The highest BCUT2D eigenvalue weighted by Crippen LogP contribution is 2.43. The van der Waals surface area contributed by atoms with Gasteiger partial charge in [-0.25, -0.2) is 4.57 Å². The normalized spacial score (nSPS) is 14.0. The molecule has 0 aromatic rings. The van der Waals surface area contributed by atoms with Crippen LogP contribution in [-0.4, -0.2) is 49.3 Å². The Labute approximate surface area is 409 Å². The zero-order valence-corrected chi connectivity index (χ0v) is 43.2. The van der Waals surface area contributed by atoms with Crippen LogP contribution < -0.4 is 5.73 Å². The van der Waals surface area contributed by atoms with Crippen LogP contribution in [0.3, 0.4) is 0 Å². The fraction of sp³-hybridized carbons (Fsp3) is 0.649. The largest absolute Gasteiger partial charge is 0.472 e. The van der Waals surface area contributed by atoms with E-state index < -0.39 is 32.5 Å². The standard InChI is InChI=1S/C57H96NO8P/c1-3-5-7-9-11-13-15-17-19-20-21-22-23-24-25-26-27-28-29-30-31-32-33-34-36-37-39-41-43-45-47-49-56(59)63-53-55(54-65-67(61,62)64-52-51-58)66-57(60)50-48-46-44-42-40-38-35-18-16-14-12-10-8-6-4-2/h5-8,11-14,17-19,21-22,35,40,42,46,48,55H,3-4,9-10,15-16,20,23-34,36-39,41,43-45,47,49-54,58H2,1-2H3,(H,61,62)/b7-5-,8-6-,13-11-,14-12-,19-17-,22-21-,35-18-,42-40-,48-46-. The molecule has 2 atom stereocenters. The molecule has 0 aliphatic carbocycles. The van der Waals surface area contributed by atoms with E-state index in [2.05, 4.69) is 105 Å². The van der Waals surface area contributed by atoms with Crippen LogP contribution in [0.2, 0.25) is 0 Å². The number of rotatable bonds is 48. The monoisotopic (exact) mass is 954 g/mol. The van der Waals surface area contributed by atoms with E-state index in [-0.39, 0.29) is 32.6 Å². The number of phosphoric ester groups is 1. The van der Waals surface area contributed by atoms with Crippen molar-refractivity contribution < 1.29 is 37.6 Å². The minimum absolute atomic E-state index is 0.00567. The van der Waals surface area contributed by atoms with Crippen molar-refractivity contribution in [2.45, 2.75) is 213 Å². The molecule has 0 fully saturated rings. The number of phosphoric acid groups is 1. The van der Waals surface area contributed by atoms with E-state index in [4.69, 9.17) is 24.3 Å². The summed E-state index contributed by atoms with van der Waals surface area (Å²) in [5, 5.41) is 0. The summed E-state index contributed by atoms with van der Waals surface area (Å²) in [4.78, 5) is 35.0. The van der Waals surface area contributed by atoms with Gasteiger partial charge in [-0.15, -0.1) is 0 Å². The third-order valence-electron chi connectivity index (χ3n) is 10.7. The molecule has 382 valence electrons. The van der Waals surface area contributed by atoms with Gasteiger partial charge in [0, 0.05) is 13.0 Å². The Morgan fingerprint density at radius 1 is 0.463 bits per heavy atom. The van der Waals surface area contributed by atoms with Gasteiger partial charge >= 0.3 is 19.8 Å². The van der Waals surface area contributed by atoms with Gasteiger partial charge in [0.25, 0.3) is 0 Å². The van der Waals surface area contributed by atoms with E-state index in [0.29, 0.717) is 6.42 Å². The SMILES string of the molecule is CC/C=C\C/C=C\C/C=C\C/C=C\C/C=C\CC(=O)OC(COC(=O)CCCCCCCCCCCCCCCCCCCC/C=C\C/C=C\C/C=C\C/C=C\CC)COP(=O)(O)OCCN. The molecule has 0 aliphatic heterocycles. The first-order valence-electron chi connectivity index (χ1n) is 26.4. The molecule has 9 nitrogen and oxygen atoms in total. The summed E-state index contributed by atoms with van der Waals surface area (Å²) in [6.07, 6.45) is 70.4. The number of nitrogens with two attached hydrogens (primary N) is 1. The molecule has 0 spiro atoms. The lowest BCUT2D eigenvalue weighted by Gasteiger charge is -2.19. The molecular weight excluding hydrogens is 858 g/mol. The van der Waals surface area contributed by atoms with Gasteiger partial charge in [-0.3, -0.25) is 18.6 Å². The second-order valence-corrected chi connectivity index (χ2v) is 18.5. The molecule has 67 heavy (non-hydrogen) atoms. The topological polar surface area (TPSA) is 134 Å². The van der Waals surface area contributed by atoms with Crippen molar-refractivity contribution in [1.82, 2.24) is 0 Å². The molecule has 0 heterocycles. The van der Waals surface area contributed by atoms with Gasteiger partial charge < -0.3 is 20.1 Å².